The second kappa shape index (κ2) is 12.2. The summed E-state index contributed by atoms with van der Waals surface area (Å²) in [5.74, 6) is -2.77. The van der Waals surface area contributed by atoms with E-state index < -0.39 is 12.5 Å². The summed E-state index contributed by atoms with van der Waals surface area (Å²) in [6, 6.07) is 0. The maximum Gasteiger partial charge on any atom is 0.283 e. The lowest BCUT2D eigenvalue weighted by Crippen LogP contribution is -2.47. The Hall–Kier alpha value is -0.340. The summed E-state index contributed by atoms with van der Waals surface area (Å²) in [5, 5.41) is 2.66. The van der Waals surface area contributed by atoms with Crippen molar-refractivity contribution in [3.8, 4) is 0 Å². The molecule has 1 aliphatic rings. The van der Waals surface area contributed by atoms with Crippen LogP contribution in [0.25, 0.3) is 0 Å². The van der Waals surface area contributed by atoms with E-state index in [1.54, 1.807) is 0 Å². The first-order valence-corrected chi connectivity index (χ1v) is 9.97. The van der Waals surface area contributed by atoms with Crippen LogP contribution >= 0.6 is 0 Å². The highest BCUT2D eigenvalue weighted by Crippen LogP contribution is 2.13. The van der Waals surface area contributed by atoms with Crippen LogP contribution in [-0.2, 0) is 9.47 Å². The summed E-state index contributed by atoms with van der Waals surface area (Å²) in [4.78, 5) is 4.89. The summed E-state index contributed by atoms with van der Waals surface area (Å²) in [5.41, 5.74) is -0.0691. The van der Waals surface area contributed by atoms with Gasteiger partial charge in [-0.1, -0.05) is 6.92 Å². The second-order valence-corrected chi connectivity index (χ2v) is 8.04. The van der Waals surface area contributed by atoms with Gasteiger partial charge in [0, 0.05) is 39.3 Å². The maximum atomic E-state index is 13.4. The molecule has 26 heavy (non-hydrogen) atoms. The first kappa shape index (κ1) is 23.7. The van der Waals surface area contributed by atoms with Gasteiger partial charge in [0.25, 0.3) is 5.92 Å². The highest BCUT2D eigenvalue weighted by molar-refractivity contribution is 4.72. The third-order valence-corrected chi connectivity index (χ3v) is 4.37. The first-order valence-electron chi connectivity index (χ1n) is 9.97. The Morgan fingerprint density at radius 1 is 0.923 bits per heavy atom. The lowest BCUT2D eigenvalue weighted by Gasteiger charge is -2.35. The van der Waals surface area contributed by atoms with Gasteiger partial charge >= 0.3 is 0 Å². The molecule has 0 saturated carbocycles. The predicted molar refractivity (Wildman–Crippen MR) is 102 cm³/mol. The predicted octanol–water partition coefficient (Wildman–Crippen LogP) is 2.46. The van der Waals surface area contributed by atoms with E-state index in [9.17, 15) is 8.78 Å². The van der Waals surface area contributed by atoms with Crippen molar-refractivity contribution in [1.82, 2.24) is 15.1 Å². The standard InChI is InChI=1S/C19H39F2N3O2/c1-5-22-16-19(20,21)17-25-14-7-6-8-23-9-11-24(12-10-23)13-15-26-18(2,3)4/h22H,5-17H2,1-4H3. The number of halogens is 2. The lowest BCUT2D eigenvalue weighted by molar-refractivity contribution is -0.0750. The monoisotopic (exact) mass is 379 g/mol. The number of nitrogens with one attached hydrogen (secondary N) is 1. The average Bonchev–Trinajstić information content (AvgIpc) is 2.56. The van der Waals surface area contributed by atoms with Gasteiger partial charge in [0.05, 0.1) is 18.8 Å². The van der Waals surface area contributed by atoms with Crippen LogP contribution in [-0.4, -0.2) is 93.5 Å². The van der Waals surface area contributed by atoms with Crippen LogP contribution in [0.5, 0.6) is 0 Å². The van der Waals surface area contributed by atoms with E-state index in [1.165, 1.54) is 0 Å². The molecule has 0 bridgehead atoms. The highest BCUT2D eigenvalue weighted by Gasteiger charge is 2.28. The Morgan fingerprint density at radius 2 is 1.54 bits per heavy atom. The van der Waals surface area contributed by atoms with Gasteiger partial charge in [0.2, 0.25) is 0 Å². The molecule has 1 N–H and O–H groups in total. The molecule has 0 spiro atoms. The van der Waals surface area contributed by atoms with Crippen LogP contribution in [0, 0.1) is 0 Å². The zero-order valence-electron chi connectivity index (χ0n) is 17.2. The van der Waals surface area contributed by atoms with Crippen molar-refractivity contribution in [3.63, 3.8) is 0 Å². The van der Waals surface area contributed by atoms with E-state index in [-0.39, 0.29) is 12.1 Å². The molecule has 1 heterocycles. The van der Waals surface area contributed by atoms with E-state index in [0.29, 0.717) is 13.2 Å². The van der Waals surface area contributed by atoms with Crippen molar-refractivity contribution in [1.29, 1.82) is 0 Å². The highest BCUT2D eigenvalue weighted by atomic mass is 19.3. The van der Waals surface area contributed by atoms with Gasteiger partial charge in [-0.15, -0.1) is 0 Å². The van der Waals surface area contributed by atoms with E-state index in [2.05, 4.69) is 35.9 Å². The largest absolute Gasteiger partial charge is 0.375 e. The molecule has 1 aliphatic heterocycles. The van der Waals surface area contributed by atoms with Crippen LogP contribution < -0.4 is 5.32 Å². The van der Waals surface area contributed by atoms with Gasteiger partial charge in [-0.25, -0.2) is 8.78 Å². The normalized spacial score (nSPS) is 17.8. The lowest BCUT2D eigenvalue weighted by atomic mass is 10.2. The van der Waals surface area contributed by atoms with Crippen molar-refractivity contribution < 1.29 is 18.3 Å². The van der Waals surface area contributed by atoms with Gasteiger partial charge in [-0.3, -0.25) is 4.90 Å². The smallest absolute Gasteiger partial charge is 0.283 e. The number of unbranched alkanes of at least 4 members (excludes halogenated alkanes) is 1. The molecular weight excluding hydrogens is 340 g/mol. The molecule has 0 aromatic heterocycles. The van der Waals surface area contributed by atoms with Gasteiger partial charge in [0.15, 0.2) is 0 Å². The topological polar surface area (TPSA) is 37.0 Å². The number of hydrogen-bond acceptors (Lipinski definition) is 5. The van der Waals surface area contributed by atoms with Gasteiger partial charge < -0.3 is 19.7 Å². The fraction of sp³-hybridized carbons (Fsp3) is 1.00. The Labute approximate surface area is 158 Å². The molecular formula is C19H39F2N3O2. The summed E-state index contributed by atoms with van der Waals surface area (Å²) in [6.07, 6.45) is 1.82. The molecule has 0 aromatic rings. The number of nitrogens with zero attached hydrogens (tertiary/aromatic N) is 2. The van der Waals surface area contributed by atoms with E-state index in [1.807, 2.05) is 6.92 Å². The second-order valence-electron chi connectivity index (χ2n) is 8.04. The van der Waals surface area contributed by atoms with Crippen molar-refractivity contribution in [2.45, 2.75) is 52.1 Å². The summed E-state index contributed by atoms with van der Waals surface area (Å²) < 4.78 is 37.7. The van der Waals surface area contributed by atoms with Crippen LogP contribution in [0.4, 0.5) is 8.78 Å². The Kier molecular flexibility index (Phi) is 11.1. The molecule has 0 atom stereocenters. The Morgan fingerprint density at radius 3 is 2.12 bits per heavy atom. The third-order valence-electron chi connectivity index (χ3n) is 4.37. The van der Waals surface area contributed by atoms with Crippen molar-refractivity contribution in [2.24, 2.45) is 0 Å². The van der Waals surface area contributed by atoms with Gasteiger partial charge in [-0.05, 0) is 46.7 Å². The van der Waals surface area contributed by atoms with Crippen LogP contribution in [0.1, 0.15) is 40.5 Å². The zero-order valence-corrected chi connectivity index (χ0v) is 17.2. The van der Waals surface area contributed by atoms with E-state index in [4.69, 9.17) is 9.47 Å². The van der Waals surface area contributed by atoms with Gasteiger partial charge in [0.1, 0.15) is 6.61 Å². The maximum absolute atomic E-state index is 13.4. The molecule has 0 amide bonds. The Balaban J connectivity index is 1.98. The molecule has 1 saturated heterocycles. The minimum atomic E-state index is -2.77. The molecule has 1 rings (SSSR count). The van der Waals surface area contributed by atoms with Crippen molar-refractivity contribution in [3.05, 3.63) is 0 Å². The van der Waals surface area contributed by atoms with Crippen molar-refractivity contribution in [2.75, 3.05) is 72.2 Å². The first-order chi connectivity index (χ1) is 12.2. The molecule has 5 nitrogen and oxygen atoms in total. The Bertz CT molecular complexity index is 357. The average molecular weight is 380 g/mol. The number of hydrogen-bond donors (Lipinski definition) is 1. The molecule has 0 aromatic carbocycles. The van der Waals surface area contributed by atoms with E-state index in [0.717, 1.165) is 58.7 Å². The molecule has 156 valence electrons. The summed E-state index contributed by atoms with van der Waals surface area (Å²) >= 11 is 0. The minimum Gasteiger partial charge on any atom is -0.375 e. The third kappa shape index (κ3) is 12.1. The van der Waals surface area contributed by atoms with Crippen LogP contribution in [0.2, 0.25) is 0 Å². The van der Waals surface area contributed by atoms with Crippen molar-refractivity contribution >= 4 is 0 Å². The van der Waals surface area contributed by atoms with Gasteiger partial charge in [-0.2, -0.15) is 0 Å². The number of alkyl halides is 2. The fourth-order valence-corrected chi connectivity index (χ4v) is 2.84. The fourth-order valence-electron chi connectivity index (χ4n) is 2.84. The van der Waals surface area contributed by atoms with Crippen LogP contribution in [0.15, 0.2) is 0 Å². The summed E-state index contributed by atoms with van der Waals surface area (Å²) in [6.45, 7) is 15.3. The summed E-state index contributed by atoms with van der Waals surface area (Å²) in [7, 11) is 0. The molecule has 0 unspecified atom stereocenters. The molecule has 1 fully saturated rings. The number of ether oxygens (including phenoxy) is 2. The van der Waals surface area contributed by atoms with Crippen LogP contribution in [0.3, 0.4) is 0 Å². The zero-order chi connectivity index (χ0) is 19.5. The minimum absolute atomic E-state index is 0.0691. The molecule has 7 heteroatoms. The molecule has 0 aliphatic carbocycles. The number of rotatable bonds is 13. The number of piperazine rings is 1. The SMILES string of the molecule is CCNCC(F)(F)COCCCCN1CCN(CCOC(C)(C)C)CC1. The molecule has 0 radical (unpaired) electrons. The van der Waals surface area contributed by atoms with E-state index >= 15 is 0 Å². The quantitative estimate of drug-likeness (QED) is 0.498.